The van der Waals surface area contributed by atoms with Crippen molar-refractivity contribution in [1.29, 1.82) is 0 Å². The minimum absolute atomic E-state index is 0.0135. The first-order valence-electron chi connectivity index (χ1n) is 11.7. The number of fused-ring (bicyclic) bond motifs is 1. The molecule has 1 aliphatic carbocycles. The molecule has 8 nitrogen and oxygen atoms in total. The van der Waals surface area contributed by atoms with Gasteiger partial charge in [-0.3, -0.25) is 9.58 Å². The number of nitrogens with zero attached hydrogens (tertiary/aromatic N) is 6. The van der Waals surface area contributed by atoms with Crippen LogP contribution in [0.5, 0.6) is 0 Å². The van der Waals surface area contributed by atoms with Gasteiger partial charge in [0.15, 0.2) is 10.6 Å². The number of nitrogens with one attached hydrogen (secondary N) is 2. The van der Waals surface area contributed by atoms with E-state index in [1.54, 1.807) is 22.2 Å². The van der Waals surface area contributed by atoms with Gasteiger partial charge < -0.3 is 10.6 Å². The van der Waals surface area contributed by atoms with E-state index in [1.165, 1.54) is 0 Å². The van der Waals surface area contributed by atoms with Crippen LogP contribution in [0.25, 0.3) is 10.3 Å². The Balaban J connectivity index is 1.28. The molecule has 1 aliphatic heterocycles. The van der Waals surface area contributed by atoms with Crippen molar-refractivity contribution < 1.29 is 8.78 Å². The van der Waals surface area contributed by atoms with E-state index in [-0.39, 0.29) is 18.9 Å². The van der Waals surface area contributed by atoms with Gasteiger partial charge in [0.25, 0.3) is 5.92 Å². The van der Waals surface area contributed by atoms with Gasteiger partial charge in [-0.15, -0.1) is 0 Å². The SMILES string of the molecule is CCc1nc2c(N[C@H]3CC[C@@H](N4CCC(F)(F)CC4)CC3)nc(Nc3cnn(C)c3)nc2s1. The molecule has 2 fully saturated rings. The highest BCUT2D eigenvalue weighted by Crippen LogP contribution is 2.34. The summed E-state index contributed by atoms with van der Waals surface area (Å²) in [5, 5.41) is 12.1. The predicted octanol–water partition coefficient (Wildman–Crippen LogP) is 4.58. The summed E-state index contributed by atoms with van der Waals surface area (Å²) in [6.45, 7) is 3.10. The highest BCUT2D eigenvalue weighted by atomic mass is 32.1. The number of aromatic nitrogens is 5. The third-order valence-electron chi connectivity index (χ3n) is 6.65. The molecule has 0 aromatic carbocycles. The summed E-state index contributed by atoms with van der Waals surface area (Å²) in [5.41, 5.74) is 1.64. The molecule has 2 aliphatic rings. The number of anilines is 3. The van der Waals surface area contributed by atoms with Crippen LogP contribution in [0, 0.1) is 0 Å². The van der Waals surface area contributed by atoms with E-state index in [9.17, 15) is 8.78 Å². The Morgan fingerprint density at radius 2 is 1.88 bits per heavy atom. The largest absolute Gasteiger partial charge is 0.365 e. The normalized spacial score (nSPS) is 23.6. The topological polar surface area (TPSA) is 83.8 Å². The maximum atomic E-state index is 13.5. The highest BCUT2D eigenvalue weighted by molar-refractivity contribution is 7.18. The van der Waals surface area contributed by atoms with Crippen LogP contribution in [0.4, 0.5) is 26.2 Å². The fourth-order valence-corrected chi connectivity index (χ4v) is 5.66. The second-order valence-electron chi connectivity index (χ2n) is 9.08. The molecule has 0 spiro atoms. The van der Waals surface area contributed by atoms with Gasteiger partial charge in [-0.25, -0.2) is 13.8 Å². The molecule has 0 amide bonds. The molecule has 0 radical (unpaired) electrons. The lowest BCUT2D eigenvalue weighted by molar-refractivity contribution is -0.0657. The maximum absolute atomic E-state index is 13.5. The average Bonchev–Trinajstić information content (AvgIpc) is 3.40. The Morgan fingerprint density at radius 3 is 2.55 bits per heavy atom. The molecule has 178 valence electrons. The number of hydrogen-bond acceptors (Lipinski definition) is 8. The first kappa shape index (κ1) is 22.4. The average molecular weight is 477 g/mol. The number of alkyl halides is 2. The van der Waals surface area contributed by atoms with Gasteiger partial charge in [0.05, 0.1) is 16.9 Å². The van der Waals surface area contributed by atoms with Gasteiger partial charge in [-0.1, -0.05) is 18.3 Å². The molecule has 3 aromatic rings. The molecule has 0 bridgehead atoms. The highest BCUT2D eigenvalue weighted by Gasteiger charge is 2.37. The molecule has 1 saturated carbocycles. The van der Waals surface area contributed by atoms with E-state index in [4.69, 9.17) is 9.97 Å². The molecule has 4 heterocycles. The Labute approximate surface area is 195 Å². The van der Waals surface area contributed by atoms with Crippen LogP contribution in [0.15, 0.2) is 12.4 Å². The minimum Gasteiger partial charge on any atom is -0.365 e. The first-order valence-corrected chi connectivity index (χ1v) is 12.5. The van der Waals surface area contributed by atoms with Gasteiger partial charge >= 0.3 is 0 Å². The minimum atomic E-state index is -2.49. The van der Waals surface area contributed by atoms with Gasteiger partial charge in [0, 0.05) is 51.3 Å². The number of halogens is 2. The van der Waals surface area contributed by atoms with E-state index in [2.05, 4.69) is 32.5 Å². The van der Waals surface area contributed by atoms with Gasteiger partial charge in [0.2, 0.25) is 5.95 Å². The standard InChI is InChI=1S/C22H30F2N8S/c1-3-17-28-18-19(29-21(30-20(18)33-17)27-15-12-25-31(2)13-15)26-14-4-6-16(7-5-14)32-10-8-22(23,24)9-11-32/h12-14,16H,3-11H2,1-2H3,(H2,26,27,29,30)/t14-,16+. The van der Waals surface area contributed by atoms with Crippen molar-refractivity contribution in [1.82, 2.24) is 29.6 Å². The molecule has 0 atom stereocenters. The van der Waals surface area contributed by atoms with Crippen LogP contribution in [-0.4, -0.2) is 60.7 Å². The smallest absolute Gasteiger partial charge is 0.250 e. The van der Waals surface area contributed by atoms with Crippen molar-refractivity contribution in [3.05, 3.63) is 17.4 Å². The Kier molecular flexibility index (Phi) is 6.17. The number of rotatable bonds is 6. The zero-order valence-corrected chi connectivity index (χ0v) is 19.8. The molecule has 1 saturated heterocycles. The van der Waals surface area contributed by atoms with E-state index < -0.39 is 5.92 Å². The van der Waals surface area contributed by atoms with Crippen LogP contribution in [0.3, 0.4) is 0 Å². The fourth-order valence-electron chi connectivity index (χ4n) is 4.78. The zero-order chi connectivity index (χ0) is 23.0. The van der Waals surface area contributed by atoms with Gasteiger partial charge in [-0.05, 0) is 32.1 Å². The summed E-state index contributed by atoms with van der Waals surface area (Å²) in [4.78, 5) is 17.3. The van der Waals surface area contributed by atoms with Crippen LogP contribution >= 0.6 is 11.3 Å². The van der Waals surface area contributed by atoms with Crippen molar-refractivity contribution in [3.8, 4) is 0 Å². The van der Waals surface area contributed by atoms with Crippen molar-refractivity contribution >= 4 is 39.1 Å². The monoisotopic (exact) mass is 476 g/mol. The fraction of sp³-hybridized carbons (Fsp3) is 0.636. The third kappa shape index (κ3) is 5.08. The summed E-state index contributed by atoms with van der Waals surface area (Å²) < 4.78 is 28.8. The lowest BCUT2D eigenvalue weighted by Crippen LogP contribution is -2.47. The van der Waals surface area contributed by atoms with E-state index in [0.717, 1.165) is 59.0 Å². The summed E-state index contributed by atoms with van der Waals surface area (Å²) >= 11 is 1.59. The van der Waals surface area contributed by atoms with Gasteiger partial charge in [-0.2, -0.15) is 15.1 Å². The summed E-state index contributed by atoms with van der Waals surface area (Å²) in [6, 6.07) is 0.682. The lowest BCUT2D eigenvalue weighted by Gasteiger charge is -2.40. The molecule has 33 heavy (non-hydrogen) atoms. The lowest BCUT2D eigenvalue weighted by atomic mass is 9.89. The summed E-state index contributed by atoms with van der Waals surface area (Å²) in [6.07, 6.45) is 8.43. The van der Waals surface area contributed by atoms with Crippen LogP contribution in [-0.2, 0) is 13.5 Å². The Morgan fingerprint density at radius 1 is 1.12 bits per heavy atom. The van der Waals surface area contributed by atoms with Crippen molar-refractivity contribution in [2.75, 3.05) is 23.7 Å². The van der Waals surface area contributed by atoms with Crippen LogP contribution in [0.1, 0.15) is 50.5 Å². The second kappa shape index (κ2) is 9.09. The molecule has 2 N–H and O–H groups in total. The number of likely N-dealkylation sites (tertiary alicyclic amines) is 1. The van der Waals surface area contributed by atoms with Crippen LogP contribution in [0.2, 0.25) is 0 Å². The number of aryl methyl sites for hydroxylation is 2. The molecular formula is C22H30F2N8S. The van der Waals surface area contributed by atoms with Gasteiger partial charge in [0.1, 0.15) is 5.52 Å². The first-order chi connectivity index (χ1) is 15.9. The zero-order valence-electron chi connectivity index (χ0n) is 19.0. The van der Waals surface area contributed by atoms with Crippen molar-refractivity contribution in [2.24, 2.45) is 7.05 Å². The molecule has 11 heteroatoms. The maximum Gasteiger partial charge on any atom is 0.250 e. The quantitative estimate of drug-likeness (QED) is 0.539. The van der Waals surface area contributed by atoms with Crippen molar-refractivity contribution in [3.63, 3.8) is 0 Å². The van der Waals surface area contributed by atoms with E-state index >= 15 is 0 Å². The van der Waals surface area contributed by atoms with E-state index in [1.807, 2.05) is 13.2 Å². The third-order valence-corrected chi connectivity index (χ3v) is 7.74. The molecular weight excluding hydrogens is 446 g/mol. The summed E-state index contributed by atoms with van der Waals surface area (Å²) in [5.74, 6) is -1.21. The molecule has 0 unspecified atom stereocenters. The Hall–Kier alpha value is -2.40. The number of hydrogen-bond donors (Lipinski definition) is 2. The molecule has 3 aromatic heterocycles. The molecule has 5 rings (SSSR count). The Bertz CT molecular complexity index is 1100. The van der Waals surface area contributed by atoms with E-state index in [0.29, 0.717) is 25.1 Å². The van der Waals surface area contributed by atoms with Crippen LogP contribution < -0.4 is 10.6 Å². The second-order valence-corrected chi connectivity index (χ2v) is 10.1. The number of piperidine rings is 1. The summed E-state index contributed by atoms with van der Waals surface area (Å²) in [7, 11) is 1.87. The van der Waals surface area contributed by atoms with Crippen molar-refractivity contribution in [2.45, 2.75) is 69.9 Å². The number of thiazole rings is 1. The predicted molar refractivity (Wildman–Crippen MR) is 126 cm³/mol.